The molecule has 1 unspecified atom stereocenters. The van der Waals surface area contributed by atoms with E-state index in [4.69, 9.17) is 6.42 Å². The minimum absolute atomic E-state index is 0.296. The quantitative estimate of drug-likeness (QED) is 0.547. The third-order valence-electron chi connectivity index (χ3n) is 4.58. The van der Waals surface area contributed by atoms with Gasteiger partial charge in [-0.2, -0.15) is 13.2 Å². The minimum Gasteiger partial charge on any atom is -0.299 e. The van der Waals surface area contributed by atoms with Crippen molar-refractivity contribution in [2.75, 3.05) is 12.3 Å². The van der Waals surface area contributed by atoms with E-state index >= 15 is 0 Å². The van der Waals surface area contributed by atoms with Crippen LogP contribution in [0.15, 0.2) is 47.4 Å². The molecule has 0 amide bonds. The van der Waals surface area contributed by atoms with Crippen LogP contribution in [-0.2, 0) is 19.0 Å². The molecule has 1 nitrogen and oxygen atoms in total. The maximum absolute atomic E-state index is 12.8. The van der Waals surface area contributed by atoms with Crippen molar-refractivity contribution in [3.8, 4) is 12.3 Å². The maximum Gasteiger partial charge on any atom is 0.416 e. The van der Waals surface area contributed by atoms with Crippen molar-refractivity contribution in [1.82, 2.24) is 5.32 Å². The molecule has 136 valence electrons. The van der Waals surface area contributed by atoms with Crippen LogP contribution in [-0.4, -0.2) is 12.3 Å². The van der Waals surface area contributed by atoms with Gasteiger partial charge in [-0.25, -0.2) is 0 Å². The first-order valence-electron chi connectivity index (χ1n) is 8.56. The fraction of sp³-hybridized carbons (Fsp3) is 0.333. The largest absolute Gasteiger partial charge is 0.416 e. The monoisotopic (exact) mass is 375 g/mol. The SMILES string of the molecule is C#CCNC1CCc2c(SCCc3cccc(C(F)(F)F)c3)cccc21. The highest BCUT2D eigenvalue weighted by Crippen LogP contribution is 2.37. The van der Waals surface area contributed by atoms with Crippen molar-refractivity contribution < 1.29 is 13.2 Å². The highest BCUT2D eigenvalue weighted by Gasteiger charge is 2.30. The number of thioether (sulfide) groups is 1. The Hall–Kier alpha value is -1.90. The van der Waals surface area contributed by atoms with Gasteiger partial charge in [-0.05, 0) is 48.1 Å². The molecule has 5 heteroatoms. The topological polar surface area (TPSA) is 12.0 Å². The minimum atomic E-state index is -4.29. The molecule has 0 bridgehead atoms. The number of hydrogen-bond donors (Lipinski definition) is 1. The Morgan fingerprint density at radius 2 is 2.00 bits per heavy atom. The summed E-state index contributed by atoms with van der Waals surface area (Å²) in [5.74, 6) is 3.36. The molecule has 1 atom stereocenters. The van der Waals surface area contributed by atoms with Gasteiger partial charge in [0.15, 0.2) is 0 Å². The molecule has 0 fully saturated rings. The van der Waals surface area contributed by atoms with Crippen molar-refractivity contribution in [1.29, 1.82) is 0 Å². The highest BCUT2D eigenvalue weighted by molar-refractivity contribution is 7.99. The molecule has 2 aromatic carbocycles. The van der Waals surface area contributed by atoms with Gasteiger partial charge in [-0.15, -0.1) is 18.2 Å². The summed E-state index contributed by atoms with van der Waals surface area (Å²) in [6.45, 7) is 0.553. The van der Waals surface area contributed by atoms with Crippen molar-refractivity contribution in [3.05, 3.63) is 64.7 Å². The standard InChI is InChI=1S/C21H20F3NS/c1-2-12-25-19-10-9-18-17(19)7-4-8-20(18)26-13-11-15-5-3-6-16(14-15)21(22,23)24/h1,3-8,14,19,25H,9-13H2. The second-order valence-electron chi connectivity index (χ2n) is 6.30. The van der Waals surface area contributed by atoms with Crippen LogP contribution < -0.4 is 5.32 Å². The normalized spacial score (nSPS) is 16.3. The number of alkyl halides is 3. The lowest BCUT2D eigenvalue weighted by Crippen LogP contribution is -2.19. The fourth-order valence-corrected chi connectivity index (χ4v) is 4.46. The van der Waals surface area contributed by atoms with E-state index in [1.165, 1.54) is 28.2 Å². The zero-order valence-electron chi connectivity index (χ0n) is 14.3. The number of terminal acetylenes is 1. The number of aryl methyl sites for hydroxylation is 1. The average molecular weight is 375 g/mol. The first-order valence-corrected chi connectivity index (χ1v) is 9.55. The van der Waals surface area contributed by atoms with Gasteiger partial charge in [0.05, 0.1) is 12.1 Å². The number of hydrogen-bond acceptors (Lipinski definition) is 2. The molecule has 1 aliphatic rings. The lowest BCUT2D eigenvalue weighted by molar-refractivity contribution is -0.137. The second kappa shape index (κ2) is 8.20. The molecule has 0 radical (unpaired) electrons. The van der Waals surface area contributed by atoms with Gasteiger partial charge in [0, 0.05) is 16.7 Å². The Morgan fingerprint density at radius 1 is 1.19 bits per heavy atom. The van der Waals surface area contributed by atoms with Crippen LogP contribution in [0.3, 0.4) is 0 Å². The van der Waals surface area contributed by atoms with Crippen LogP contribution in [0.5, 0.6) is 0 Å². The van der Waals surface area contributed by atoms with E-state index in [-0.39, 0.29) is 0 Å². The molecule has 0 aliphatic heterocycles. The molecule has 0 heterocycles. The van der Waals surface area contributed by atoms with Gasteiger partial charge >= 0.3 is 6.18 Å². The van der Waals surface area contributed by atoms with E-state index < -0.39 is 11.7 Å². The molecule has 1 N–H and O–H groups in total. The molecule has 0 saturated carbocycles. The Kier molecular flexibility index (Phi) is 5.95. The Bertz CT molecular complexity index is 808. The molecule has 0 saturated heterocycles. The summed E-state index contributed by atoms with van der Waals surface area (Å²) in [5.41, 5.74) is 2.77. The summed E-state index contributed by atoms with van der Waals surface area (Å²) >= 11 is 1.71. The number of benzene rings is 2. The third kappa shape index (κ3) is 4.44. The molecule has 0 spiro atoms. The van der Waals surface area contributed by atoms with Gasteiger partial charge < -0.3 is 0 Å². The molecule has 3 rings (SSSR count). The van der Waals surface area contributed by atoms with Crippen molar-refractivity contribution in [3.63, 3.8) is 0 Å². The van der Waals surface area contributed by atoms with Gasteiger partial charge in [0.2, 0.25) is 0 Å². The summed E-state index contributed by atoms with van der Waals surface area (Å²) in [4.78, 5) is 1.22. The number of fused-ring (bicyclic) bond motifs is 1. The zero-order valence-corrected chi connectivity index (χ0v) is 15.1. The molecule has 2 aromatic rings. The van der Waals surface area contributed by atoms with Crippen LogP contribution in [0.4, 0.5) is 13.2 Å². The zero-order chi connectivity index (χ0) is 18.6. The Morgan fingerprint density at radius 3 is 2.77 bits per heavy atom. The summed E-state index contributed by atoms with van der Waals surface area (Å²) in [7, 11) is 0. The van der Waals surface area contributed by atoms with E-state index in [0.717, 1.165) is 24.7 Å². The van der Waals surface area contributed by atoms with Crippen molar-refractivity contribution in [2.45, 2.75) is 36.4 Å². The van der Waals surface area contributed by atoms with Crippen molar-refractivity contribution >= 4 is 11.8 Å². The van der Waals surface area contributed by atoms with Gasteiger partial charge in [-0.1, -0.05) is 36.3 Å². The van der Waals surface area contributed by atoms with Crippen LogP contribution in [0.2, 0.25) is 0 Å². The first-order chi connectivity index (χ1) is 12.5. The van der Waals surface area contributed by atoms with E-state index in [2.05, 4.69) is 23.4 Å². The van der Waals surface area contributed by atoms with Crippen molar-refractivity contribution in [2.24, 2.45) is 0 Å². The van der Waals surface area contributed by atoms with E-state index in [1.54, 1.807) is 17.8 Å². The van der Waals surface area contributed by atoms with Crippen LogP contribution in [0.25, 0.3) is 0 Å². The summed E-state index contributed by atoms with van der Waals surface area (Å²) in [5, 5.41) is 3.37. The number of nitrogens with one attached hydrogen (secondary N) is 1. The smallest absolute Gasteiger partial charge is 0.299 e. The highest BCUT2D eigenvalue weighted by atomic mass is 32.2. The maximum atomic E-state index is 12.8. The second-order valence-corrected chi connectivity index (χ2v) is 7.43. The third-order valence-corrected chi connectivity index (χ3v) is 5.68. The number of rotatable bonds is 6. The molecule has 1 aliphatic carbocycles. The average Bonchev–Trinajstić information content (AvgIpc) is 3.03. The summed E-state index contributed by atoms with van der Waals surface area (Å²) < 4.78 is 38.4. The van der Waals surface area contributed by atoms with E-state index in [9.17, 15) is 13.2 Å². The molecule has 0 aromatic heterocycles. The molecular weight excluding hydrogens is 355 g/mol. The summed E-state index contributed by atoms with van der Waals surface area (Å²) in [6.07, 6.45) is 3.68. The Balaban J connectivity index is 1.63. The molecular formula is C21H20F3NS. The van der Waals surface area contributed by atoms with Gasteiger partial charge in [-0.3, -0.25) is 5.32 Å². The van der Waals surface area contributed by atoms with Gasteiger partial charge in [0.1, 0.15) is 0 Å². The number of halogens is 3. The van der Waals surface area contributed by atoms with Crippen LogP contribution >= 0.6 is 11.8 Å². The first kappa shape index (κ1) is 18.9. The van der Waals surface area contributed by atoms with Crippen LogP contribution in [0.1, 0.15) is 34.7 Å². The fourth-order valence-electron chi connectivity index (χ4n) is 3.33. The lowest BCUT2D eigenvalue weighted by atomic mass is 10.1. The predicted octanol–water partition coefficient (Wildman–Crippen LogP) is 5.25. The molecule has 26 heavy (non-hydrogen) atoms. The lowest BCUT2D eigenvalue weighted by Gasteiger charge is -2.13. The van der Waals surface area contributed by atoms with E-state index in [1.807, 2.05) is 6.07 Å². The van der Waals surface area contributed by atoms with Crippen LogP contribution in [0, 0.1) is 12.3 Å². The van der Waals surface area contributed by atoms with E-state index in [0.29, 0.717) is 24.6 Å². The summed E-state index contributed by atoms with van der Waals surface area (Å²) in [6, 6.07) is 12.2. The van der Waals surface area contributed by atoms with Gasteiger partial charge in [0.25, 0.3) is 0 Å². The Labute approximate surface area is 156 Å². The predicted molar refractivity (Wildman–Crippen MR) is 100 cm³/mol.